The van der Waals surface area contributed by atoms with Crippen LogP contribution in [0.3, 0.4) is 0 Å². The van der Waals surface area contributed by atoms with E-state index in [4.69, 9.17) is 0 Å². The number of H-pyrrole nitrogens is 1. The number of carbonyl (C=O) groups excluding carboxylic acids is 1. The SMILES string of the molecule is Cc1cc2c(cc1Br)CN(C(=O)c1cn[nH]c(=O)c1)CC2. The zero-order valence-electron chi connectivity index (χ0n) is 11.5. The van der Waals surface area contributed by atoms with Gasteiger partial charge in [0.15, 0.2) is 0 Å². The molecule has 0 bridgehead atoms. The van der Waals surface area contributed by atoms with E-state index in [0.717, 1.165) is 16.5 Å². The number of nitrogens with zero attached hydrogens (tertiary/aromatic N) is 2. The summed E-state index contributed by atoms with van der Waals surface area (Å²) >= 11 is 3.53. The maximum atomic E-state index is 12.4. The van der Waals surface area contributed by atoms with E-state index >= 15 is 0 Å². The lowest BCUT2D eigenvalue weighted by Gasteiger charge is -2.29. The van der Waals surface area contributed by atoms with Gasteiger partial charge in [-0.05, 0) is 36.1 Å². The predicted molar refractivity (Wildman–Crippen MR) is 82.2 cm³/mol. The quantitative estimate of drug-likeness (QED) is 0.858. The van der Waals surface area contributed by atoms with E-state index in [1.165, 1.54) is 23.4 Å². The number of hydrogen-bond donors (Lipinski definition) is 1. The van der Waals surface area contributed by atoms with E-state index in [9.17, 15) is 9.59 Å². The summed E-state index contributed by atoms with van der Waals surface area (Å²) in [5.41, 5.74) is 3.59. The number of benzene rings is 1. The monoisotopic (exact) mass is 347 g/mol. The van der Waals surface area contributed by atoms with E-state index in [1.807, 2.05) is 0 Å². The van der Waals surface area contributed by atoms with Crippen molar-refractivity contribution < 1.29 is 4.79 Å². The minimum absolute atomic E-state index is 0.157. The van der Waals surface area contributed by atoms with Crippen LogP contribution in [0.4, 0.5) is 0 Å². The number of nitrogens with one attached hydrogen (secondary N) is 1. The summed E-state index contributed by atoms with van der Waals surface area (Å²) in [7, 11) is 0. The highest BCUT2D eigenvalue weighted by atomic mass is 79.9. The summed E-state index contributed by atoms with van der Waals surface area (Å²) in [6, 6.07) is 5.52. The minimum atomic E-state index is -0.364. The molecule has 6 heteroatoms. The van der Waals surface area contributed by atoms with Crippen molar-refractivity contribution in [3.8, 4) is 0 Å². The average molecular weight is 348 g/mol. The third kappa shape index (κ3) is 2.76. The van der Waals surface area contributed by atoms with Gasteiger partial charge in [-0.1, -0.05) is 22.0 Å². The van der Waals surface area contributed by atoms with E-state index in [-0.39, 0.29) is 11.5 Å². The third-order valence-electron chi connectivity index (χ3n) is 3.69. The Hall–Kier alpha value is -1.95. The molecule has 0 unspecified atom stereocenters. The number of amides is 1. The van der Waals surface area contributed by atoms with Crippen molar-refractivity contribution in [1.82, 2.24) is 15.1 Å². The van der Waals surface area contributed by atoms with Gasteiger partial charge in [-0.3, -0.25) is 9.59 Å². The Morgan fingerprint density at radius 3 is 2.90 bits per heavy atom. The number of aryl methyl sites for hydroxylation is 1. The fourth-order valence-electron chi connectivity index (χ4n) is 2.55. The van der Waals surface area contributed by atoms with Crippen molar-refractivity contribution in [2.24, 2.45) is 0 Å². The Balaban J connectivity index is 1.87. The summed E-state index contributed by atoms with van der Waals surface area (Å²) in [5.74, 6) is -0.157. The molecular weight excluding hydrogens is 334 g/mol. The maximum absolute atomic E-state index is 12.4. The lowest BCUT2D eigenvalue weighted by Crippen LogP contribution is -2.36. The van der Waals surface area contributed by atoms with E-state index < -0.39 is 0 Å². The van der Waals surface area contributed by atoms with Crippen molar-refractivity contribution in [2.45, 2.75) is 19.9 Å². The zero-order chi connectivity index (χ0) is 15.0. The zero-order valence-corrected chi connectivity index (χ0v) is 13.1. The molecule has 1 aromatic heterocycles. The lowest BCUT2D eigenvalue weighted by atomic mass is 9.97. The maximum Gasteiger partial charge on any atom is 0.264 e. The van der Waals surface area contributed by atoms with Crippen LogP contribution < -0.4 is 5.56 Å². The molecule has 3 rings (SSSR count). The van der Waals surface area contributed by atoms with Crippen molar-refractivity contribution in [3.63, 3.8) is 0 Å². The highest BCUT2D eigenvalue weighted by Crippen LogP contribution is 2.26. The van der Waals surface area contributed by atoms with Crippen LogP contribution in [-0.4, -0.2) is 27.5 Å². The van der Waals surface area contributed by atoms with Crippen molar-refractivity contribution in [2.75, 3.05) is 6.54 Å². The number of fused-ring (bicyclic) bond motifs is 1. The van der Waals surface area contributed by atoms with Gasteiger partial charge in [-0.15, -0.1) is 0 Å². The molecule has 108 valence electrons. The second kappa shape index (κ2) is 5.44. The Bertz CT molecular complexity index is 770. The first-order valence-corrected chi connectivity index (χ1v) is 7.46. The average Bonchev–Trinajstić information content (AvgIpc) is 2.47. The predicted octanol–water partition coefficient (Wildman–Crippen LogP) is 2.04. The van der Waals surface area contributed by atoms with Gasteiger partial charge < -0.3 is 4.90 Å². The van der Waals surface area contributed by atoms with Gasteiger partial charge in [0.25, 0.3) is 11.5 Å². The van der Waals surface area contributed by atoms with Gasteiger partial charge in [0.1, 0.15) is 0 Å². The number of hydrogen-bond acceptors (Lipinski definition) is 3. The molecule has 21 heavy (non-hydrogen) atoms. The number of rotatable bonds is 1. The summed E-state index contributed by atoms with van der Waals surface area (Å²) in [6.07, 6.45) is 2.22. The van der Waals surface area contributed by atoms with Gasteiger partial charge in [0.2, 0.25) is 0 Å². The summed E-state index contributed by atoms with van der Waals surface area (Å²) in [4.78, 5) is 25.4. The molecule has 2 aromatic rings. The molecule has 1 amide bonds. The van der Waals surface area contributed by atoms with Crippen LogP contribution in [0, 0.1) is 6.92 Å². The topological polar surface area (TPSA) is 66.1 Å². The first-order chi connectivity index (χ1) is 10.0. The molecule has 0 saturated heterocycles. The van der Waals surface area contributed by atoms with Gasteiger partial charge in [-0.2, -0.15) is 5.10 Å². The van der Waals surface area contributed by atoms with Crippen molar-refractivity contribution in [3.05, 3.63) is 61.5 Å². The summed E-state index contributed by atoms with van der Waals surface area (Å²) < 4.78 is 1.05. The fourth-order valence-corrected chi connectivity index (χ4v) is 2.94. The largest absolute Gasteiger partial charge is 0.334 e. The van der Waals surface area contributed by atoms with Crippen LogP contribution >= 0.6 is 15.9 Å². The fraction of sp³-hybridized carbons (Fsp3) is 0.267. The number of aromatic nitrogens is 2. The highest BCUT2D eigenvalue weighted by molar-refractivity contribution is 9.10. The molecule has 0 radical (unpaired) electrons. The first-order valence-electron chi connectivity index (χ1n) is 6.66. The minimum Gasteiger partial charge on any atom is -0.334 e. The molecule has 2 heterocycles. The van der Waals surface area contributed by atoms with Gasteiger partial charge >= 0.3 is 0 Å². The highest BCUT2D eigenvalue weighted by Gasteiger charge is 2.22. The second-order valence-corrected chi connectivity index (χ2v) is 6.04. The van der Waals surface area contributed by atoms with Gasteiger partial charge in [0, 0.05) is 23.6 Å². The van der Waals surface area contributed by atoms with E-state index in [1.54, 1.807) is 4.90 Å². The molecule has 0 fully saturated rings. The van der Waals surface area contributed by atoms with Crippen molar-refractivity contribution in [1.29, 1.82) is 0 Å². The molecule has 1 aliphatic rings. The normalized spacial score (nSPS) is 13.9. The Labute approximate surface area is 130 Å². The molecule has 0 aliphatic carbocycles. The molecule has 5 nitrogen and oxygen atoms in total. The second-order valence-electron chi connectivity index (χ2n) is 5.18. The van der Waals surface area contributed by atoms with Crippen LogP contribution in [0.2, 0.25) is 0 Å². The van der Waals surface area contributed by atoms with Crippen LogP contribution in [0.5, 0.6) is 0 Å². The smallest absolute Gasteiger partial charge is 0.264 e. The Morgan fingerprint density at radius 1 is 1.33 bits per heavy atom. The molecule has 1 aromatic carbocycles. The van der Waals surface area contributed by atoms with Crippen molar-refractivity contribution >= 4 is 21.8 Å². The third-order valence-corrected chi connectivity index (χ3v) is 4.55. The molecule has 0 saturated carbocycles. The molecule has 0 spiro atoms. The molecule has 1 N–H and O–H groups in total. The number of aromatic amines is 1. The number of halogens is 1. The summed E-state index contributed by atoms with van der Waals surface area (Å²) in [6.45, 7) is 3.27. The molecule has 0 atom stereocenters. The lowest BCUT2D eigenvalue weighted by molar-refractivity contribution is 0.0734. The number of carbonyl (C=O) groups is 1. The van der Waals surface area contributed by atoms with Crippen LogP contribution in [0.15, 0.2) is 33.7 Å². The van der Waals surface area contributed by atoms with Gasteiger partial charge in [0.05, 0.1) is 11.8 Å². The standard InChI is InChI=1S/C15H14BrN3O2/c1-9-4-10-2-3-19(8-12(10)5-13(9)16)15(21)11-6-14(20)18-17-7-11/h4-7H,2-3,8H2,1H3,(H,18,20). The van der Waals surface area contributed by atoms with Crippen LogP contribution in [0.1, 0.15) is 27.0 Å². The van der Waals surface area contributed by atoms with Crippen LogP contribution in [0.25, 0.3) is 0 Å². The summed E-state index contributed by atoms with van der Waals surface area (Å²) in [5, 5.41) is 5.95. The Morgan fingerprint density at radius 2 is 2.14 bits per heavy atom. The molecule has 1 aliphatic heterocycles. The van der Waals surface area contributed by atoms with Gasteiger partial charge in [-0.25, -0.2) is 5.10 Å². The molecular formula is C15H14BrN3O2. The van der Waals surface area contributed by atoms with E-state index in [0.29, 0.717) is 18.7 Å². The Kier molecular flexibility index (Phi) is 3.63. The first kappa shape index (κ1) is 14.0. The van der Waals surface area contributed by atoms with E-state index in [2.05, 4.69) is 45.2 Å². The van der Waals surface area contributed by atoms with Crippen LogP contribution in [-0.2, 0) is 13.0 Å².